The highest BCUT2D eigenvalue weighted by atomic mass is 32.2. The molecule has 3 nitrogen and oxygen atoms in total. The van der Waals surface area contributed by atoms with Crippen LogP contribution in [0, 0.1) is 11.3 Å². The van der Waals surface area contributed by atoms with Gasteiger partial charge in [0.1, 0.15) is 8.28 Å². The van der Waals surface area contributed by atoms with Gasteiger partial charge in [-0.2, -0.15) is 5.26 Å². The first-order chi connectivity index (χ1) is 11.9. The van der Waals surface area contributed by atoms with Gasteiger partial charge >= 0.3 is 0 Å². The lowest BCUT2D eigenvalue weighted by Crippen LogP contribution is -2.22. The maximum Gasteiger partial charge on any atom is 0.217 e. The fourth-order valence-corrected chi connectivity index (χ4v) is 5.42. The van der Waals surface area contributed by atoms with Crippen molar-refractivity contribution in [1.82, 2.24) is 0 Å². The van der Waals surface area contributed by atoms with Gasteiger partial charge < -0.3 is 5.73 Å². The van der Waals surface area contributed by atoms with Gasteiger partial charge in [-0.05, 0) is 25.5 Å². The van der Waals surface area contributed by atoms with E-state index in [1.807, 2.05) is 6.92 Å². The maximum absolute atomic E-state index is 10.9. The highest BCUT2D eigenvalue weighted by Crippen LogP contribution is 2.34. The second kappa shape index (κ2) is 16.0. The van der Waals surface area contributed by atoms with Crippen molar-refractivity contribution in [3.8, 4) is 6.07 Å². The van der Waals surface area contributed by atoms with Gasteiger partial charge in [-0.15, -0.1) is 11.8 Å². The Morgan fingerprint density at radius 2 is 1.60 bits per heavy atom. The van der Waals surface area contributed by atoms with E-state index in [4.69, 9.17) is 18.0 Å². The predicted octanol–water partition coefficient (Wildman–Crippen LogP) is 6.21. The average molecular weight is 403 g/mol. The number of nitrogens with two attached hydrogens (primary N) is 1. The van der Waals surface area contributed by atoms with E-state index >= 15 is 0 Å². The molecule has 0 aromatic heterocycles. The molecular weight excluding hydrogens is 368 g/mol. The topological polar surface area (TPSA) is 66.9 Å². The molecule has 1 unspecified atom stereocenters. The molecule has 0 aliphatic heterocycles. The predicted molar refractivity (Wildman–Crippen MR) is 117 cm³/mol. The highest BCUT2D eigenvalue weighted by molar-refractivity contribution is 8.47. The number of carbonyl (C=O) groups is 1. The molecule has 0 aromatic rings. The molecule has 0 aromatic carbocycles. The summed E-state index contributed by atoms with van der Waals surface area (Å²) in [6.45, 7) is 4.08. The molecule has 1 amide bonds. The Labute approximate surface area is 168 Å². The fraction of sp³-hybridized carbons (Fsp3) is 0.842. The lowest BCUT2D eigenvalue weighted by Gasteiger charge is -2.20. The number of nitriles is 1. The largest absolute Gasteiger partial charge is 0.370 e. The first-order valence-electron chi connectivity index (χ1n) is 9.49. The summed E-state index contributed by atoms with van der Waals surface area (Å²) in [7, 11) is 0. The molecule has 0 bridgehead atoms. The number of thioether (sulfide) groups is 2. The van der Waals surface area contributed by atoms with Crippen molar-refractivity contribution in [3.63, 3.8) is 0 Å². The smallest absolute Gasteiger partial charge is 0.217 e. The summed E-state index contributed by atoms with van der Waals surface area (Å²) in [6, 6.07) is 2.26. The van der Waals surface area contributed by atoms with Crippen molar-refractivity contribution in [3.05, 3.63) is 0 Å². The lowest BCUT2D eigenvalue weighted by atomic mass is 10.1. The summed E-state index contributed by atoms with van der Waals surface area (Å²) in [4.78, 5) is 10.9. The number of amides is 1. The van der Waals surface area contributed by atoms with Gasteiger partial charge in [0, 0.05) is 6.42 Å². The van der Waals surface area contributed by atoms with Crippen LogP contribution in [0.15, 0.2) is 0 Å². The van der Waals surface area contributed by atoms with Crippen LogP contribution in [0.3, 0.4) is 0 Å². The van der Waals surface area contributed by atoms with Crippen LogP contribution in [0.25, 0.3) is 0 Å². The minimum atomic E-state index is -0.656. The third-order valence-electron chi connectivity index (χ3n) is 4.11. The molecule has 0 heterocycles. The summed E-state index contributed by atoms with van der Waals surface area (Å²) in [5.41, 5.74) is 5.17. The number of unbranched alkanes of at least 4 members (excludes halogenated alkanes) is 9. The maximum atomic E-state index is 10.9. The van der Waals surface area contributed by atoms with Crippen LogP contribution in [-0.2, 0) is 4.79 Å². The zero-order chi connectivity index (χ0) is 19.0. The number of rotatable bonds is 15. The highest BCUT2D eigenvalue weighted by Gasteiger charge is 2.27. The molecule has 0 saturated heterocycles. The van der Waals surface area contributed by atoms with Crippen LogP contribution < -0.4 is 5.73 Å². The van der Waals surface area contributed by atoms with E-state index in [1.54, 1.807) is 11.8 Å². The van der Waals surface area contributed by atoms with Crippen molar-refractivity contribution >= 4 is 45.2 Å². The Balaban J connectivity index is 3.63. The number of hydrogen-bond donors (Lipinski definition) is 1. The molecule has 0 radical (unpaired) electrons. The summed E-state index contributed by atoms with van der Waals surface area (Å²) in [5, 5.41) is 9.32. The van der Waals surface area contributed by atoms with Crippen LogP contribution in [0.5, 0.6) is 0 Å². The molecule has 0 aliphatic carbocycles. The third kappa shape index (κ3) is 15.7. The molecule has 0 aliphatic rings. The molecule has 1 atom stereocenters. The Hall–Kier alpha value is -0.250. The summed E-state index contributed by atoms with van der Waals surface area (Å²) in [6.07, 6.45) is 14.0. The molecule has 0 saturated carbocycles. The molecule has 0 rings (SSSR count). The van der Waals surface area contributed by atoms with E-state index in [0.717, 1.165) is 9.28 Å². The van der Waals surface area contributed by atoms with E-state index in [1.165, 1.54) is 76.0 Å². The van der Waals surface area contributed by atoms with Gasteiger partial charge in [0.2, 0.25) is 5.91 Å². The zero-order valence-corrected chi connectivity index (χ0v) is 18.3. The molecule has 25 heavy (non-hydrogen) atoms. The van der Waals surface area contributed by atoms with Gasteiger partial charge in [-0.25, -0.2) is 0 Å². The van der Waals surface area contributed by atoms with E-state index < -0.39 is 4.75 Å². The molecule has 2 N–H and O–H groups in total. The normalized spacial score (nSPS) is 13.2. The van der Waals surface area contributed by atoms with Crippen molar-refractivity contribution in [2.75, 3.05) is 5.75 Å². The average Bonchev–Trinajstić information content (AvgIpc) is 2.58. The zero-order valence-electron chi connectivity index (χ0n) is 15.8. The molecule has 0 spiro atoms. The SMILES string of the molecule is CCCCCCCCCCCCSC(=S)SC(C)(C#N)CCC(N)=O. The van der Waals surface area contributed by atoms with Crippen molar-refractivity contribution < 1.29 is 4.79 Å². The number of carbonyl (C=O) groups excluding carboxylic acids is 1. The minimum Gasteiger partial charge on any atom is -0.370 e. The quantitative estimate of drug-likeness (QED) is 0.261. The number of nitrogens with zero attached hydrogens (tertiary/aromatic N) is 1. The number of thiocarbonyl (C=S) groups is 1. The summed E-state index contributed by atoms with van der Waals surface area (Å²) >= 11 is 8.43. The van der Waals surface area contributed by atoms with E-state index in [9.17, 15) is 10.1 Å². The van der Waals surface area contributed by atoms with E-state index in [-0.39, 0.29) is 12.3 Å². The molecular formula is C19H34N2OS3. The Morgan fingerprint density at radius 3 is 2.08 bits per heavy atom. The molecule has 6 heteroatoms. The van der Waals surface area contributed by atoms with Crippen LogP contribution in [0.1, 0.15) is 90.9 Å². The molecule has 144 valence electrons. The van der Waals surface area contributed by atoms with Crippen molar-refractivity contribution in [2.45, 2.75) is 95.6 Å². The van der Waals surface area contributed by atoms with Crippen LogP contribution in [0.2, 0.25) is 0 Å². The van der Waals surface area contributed by atoms with Crippen LogP contribution >= 0.6 is 35.7 Å². The van der Waals surface area contributed by atoms with Crippen LogP contribution in [-0.4, -0.2) is 19.9 Å². The standard InChI is InChI=1S/C19H34N2OS3/c1-3-4-5-6-7-8-9-10-11-12-15-24-18(23)25-19(2,16-20)14-13-17(21)22/h3-15H2,1-2H3,(H2,21,22). The fourth-order valence-electron chi connectivity index (χ4n) is 2.45. The number of hydrogen-bond acceptors (Lipinski definition) is 5. The summed E-state index contributed by atoms with van der Waals surface area (Å²) in [5.74, 6) is 0.644. The Bertz CT molecular complexity index is 423. The minimum absolute atomic E-state index is 0.225. The van der Waals surface area contributed by atoms with Gasteiger partial charge in [0.15, 0.2) is 0 Å². The first-order valence-corrected chi connectivity index (χ1v) is 11.7. The third-order valence-corrected chi connectivity index (χ3v) is 6.96. The van der Waals surface area contributed by atoms with Gasteiger partial charge in [-0.3, -0.25) is 4.79 Å². The van der Waals surface area contributed by atoms with Gasteiger partial charge in [0.05, 0.1) is 6.07 Å². The summed E-state index contributed by atoms with van der Waals surface area (Å²) < 4.78 is 0.140. The van der Waals surface area contributed by atoms with Crippen LogP contribution in [0.4, 0.5) is 0 Å². The van der Waals surface area contributed by atoms with Gasteiger partial charge in [0.25, 0.3) is 0 Å². The van der Waals surface area contributed by atoms with Gasteiger partial charge in [-0.1, -0.05) is 88.7 Å². The van der Waals surface area contributed by atoms with Crippen molar-refractivity contribution in [2.24, 2.45) is 5.73 Å². The Kier molecular flexibility index (Phi) is 15.8. The second-order valence-electron chi connectivity index (χ2n) is 6.69. The second-order valence-corrected chi connectivity index (χ2v) is 10.5. The van der Waals surface area contributed by atoms with E-state index in [0.29, 0.717) is 6.42 Å². The number of primary amides is 1. The Morgan fingerprint density at radius 1 is 1.08 bits per heavy atom. The lowest BCUT2D eigenvalue weighted by molar-refractivity contribution is -0.118. The molecule has 0 fully saturated rings. The first kappa shape index (κ1) is 24.8. The van der Waals surface area contributed by atoms with Crippen molar-refractivity contribution in [1.29, 1.82) is 5.26 Å². The van der Waals surface area contributed by atoms with E-state index in [2.05, 4.69) is 13.0 Å². The monoisotopic (exact) mass is 402 g/mol.